The Kier molecular flexibility index (Phi) is 8.53. The van der Waals surface area contributed by atoms with Gasteiger partial charge in [-0.3, -0.25) is 9.59 Å². The Morgan fingerprint density at radius 1 is 0.750 bits per heavy atom. The highest BCUT2D eigenvalue weighted by Crippen LogP contribution is 2.25. The molecule has 36 heavy (non-hydrogen) atoms. The van der Waals surface area contributed by atoms with Gasteiger partial charge in [-0.15, -0.1) is 0 Å². The topological polar surface area (TPSA) is 49.4 Å². The average Bonchev–Trinajstić information content (AvgIpc) is 2.90. The lowest BCUT2D eigenvalue weighted by atomic mass is 10.0. The number of amides is 2. The zero-order valence-electron chi connectivity index (χ0n) is 20.2. The Hall–Kier alpha value is -3.89. The van der Waals surface area contributed by atoms with E-state index < -0.39 is 6.04 Å². The second-order valence-electron chi connectivity index (χ2n) is 8.83. The first-order chi connectivity index (χ1) is 17.5. The fraction of sp³-hybridized carbons (Fsp3) is 0.161. The van der Waals surface area contributed by atoms with Crippen molar-refractivity contribution >= 4 is 23.4 Å². The van der Waals surface area contributed by atoms with Crippen LogP contribution < -0.4 is 5.32 Å². The lowest BCUT2D eigenvalue weighted by Gasteiger charge is -2.32. The van der Waals surface area contributed by atoms with Gasteiger partial charge in [0.2, 0.25) is 11.8 Å². The summed E-state index contributed by atoms with van der Waals surface area (Å²) in [4.78, 5) is 29.1. The van der Waals surface area contributed by atoms with Crippen molar-refractivity contribution in [3.05, 3.63) is 142 Å². The molecule has 0 radical (unpaired) electrons. The molecule has 4 aromatic carbocycles. The molecule has 0 saturated heterocycles. The van der Waals surface area contributed by atoms with E-state index in [2.05, 4.69) is 5.32 Å². The minimum atomic E-state index is -0.788. The van der Waals surface area contributed by atoms with Gasteiger partial charge in [-0.2, -0.15) is 0 Å². The Labute approximate surface area is 217 Å². The van der Waals surface area contributed by atoms with Gasteiger partial charge in [-0.1, -0.05) is 114 Å². The molecule has 4 aromatic rings. The van der Waals surface area contributed by atoms with Crippen LogP contribution in [0.15, 0.2) is 109 Å². The van der Waals surface area contributed by atoms with E-state index in [1.54, 1.807) is 17.0 Å². The molecular weight excluding hydrogens is 468 g/mol. The number of rotatable bonds is 9. The van der Waals surface area contributed by atoms with E-state index in [9.17, 15) is 9.59 Å². The highest BCUT2D eigenvalue weighted by atomic mass is 35.5. The summed E-state index contributed by atoms with van der Waals surface area (Å²) in [6.45, 7) is 2.69. The number of nitrogens with zero attached hydrogens (tertiary/aromatic N) is 1. The molecule has 0 aliphatic heterocycles. The average molecular weight is 497 g/mol. The van der Waals surface area contributed by atoms with Crippen molar-refractivity contribution < 1.29 is 9.59 Å². The maximum atomic E-state index is 13.7. The van der Waals surface area contributed by atoms with Crippen molar-refractivity contribution in [1.29, 1.82) is 0 Å². The first kappa shape index (κ1) is 25.2. The third-order valence-corrected chi connectivity index (χ3v) is 6.30. The molecule has 0 aliphatic rings. The van der Waals surface area contributed by atoms with Gasteiger partial charge in [-0.25, -0.2) is 0 Å². The van der Waals surface area contributed by atoms with Crippen LogP contribution in [0.1, 0.15) is 33.9 Å². The number of hydrogen-bond acceptors (Lipinski definition) is 2. The van der Waals surface area contributed by atoms with E-state index in [1.807, 2.05) is 104 Å². The Morgan fingerprint density at radius 3 is 1.97 bits per heavy atom. The summed E-state index contributed by atoms with van der Waals surface area (Å²) in [6, 6.07) is 33.7. The smallest absolute Gasteiger partial charge is 0.247 e. The normalized spacial score (nSPS) is 11.5. The van der Waals surface area contributed by atoms with Gasteiger partial charge in [0.15, 0.2) is 0 Å². The van der Waals surface area contributed by atoms with Gasteiger partial charge in [0.05, 0.1) is 6.42 Å². The van der Waals surface area contributed by atoms with Gasteiger partial charge < -0.3 is 10.2 Å². The summed E-state index contributed by atoms with van der Waals surface area (Å²) in [5.74, 6) is -0.354. The van der Waals surface area contributed by atoms with Crippen LogP contribution in [0.3, 0.4) is 0 Å². The summed E-state index contributed by atoms with van der Waals surface area (Å²) in [5.41, 5.74) is 4.71. The van der Waals surface area contributed by atoms with Crippen molar-refractivity contribution in [1.82, 2.24) is 10.2 Å². The second kappa shape index (κ2) is 12.2. The molecule has 1 N–H and O–H groups in total. The molecule has 0 heterocycles. The quantitative estimate of drug-likeness (QED) is 0.296. The van der Waals surface area contributed by atoms with Crippen LogP contribution in [0.5, 0.6) is 0 Å². The van der Waals surface area contributed by atoms with Crippen molar-refractivity contribution in [2.45, 2.75) is 32.5 Å². The lowest BCUT2D eigenvalue weighted by molar-refractivity contribution is -0.141. The highest BCUT2D eigenvalue weighted by Gasteiger charge is 2.31. The minimum absolute atomic E-state index is 0.129. The molecule has 4 rings (SSSR count). The Bertz CT molecular complexity index is 1270. The third-order valence-electron chi connectivity index (χ3n) is 6.05. The molecule has 0 spiro atoms. The lowest BCUT2D eigenvalue weighted by Crippen LogP contribution is -2.43. The number of aryl methyl sites for hydroxylation is 1. The zero-order chi connectivity index (χ0) is 25.3. The van der Waals surface area contributed by atoms with E-state index in [1.165, 1.54) is 0 Å². The van der Waals surface area contributed by atoms with Crippen molar-refractivity contribution in [3.63, 3.8) is 0 Å². The van der Waals surface area contributed by atoms with Crippen LogP contribution in [0.25, 0.3) is 0 Å². The van der Waals surface area contributed by atoms with E-state index >= 15 is 0 Å². The number of carbonyl (C=O) groups is 2. The fourth-order valence-corrected chi connectivity index (χ4v) is 4.21. The van der Waals surface area contributed by atoms with Gasteiger partial charge >= 0.3 is 0 Å². The van der Waals surface area contributed by atoms with E-state index in [-0.39, 0.29) is 24.8 Å². The maximum absolute atomic E-state index is 13.7. The Morgan fingerprint density at radius 2 is 1.33 bits per heavy atom. The second-order valence-corrected chi connectivity index (χ2v) is 9.26. The van der Waals surface area contributed by atoms with Crippen LogP contribution in [0.4, 0.5) is 0 Å². The fourth-order valence-electron chi connectivity index (χ4n) is 4.08. The van der Waals surface area contributed by atoms with Crippen LogP contribution in [-0.2, 0) is 29.1 Å². The van der Waals surface area contributed by atoms with E-state index in [0.29, 0.717) is 11.6 Å². The van der Waals surface area contributed by atoms with Gasteiger partial charge in [0.1, 0.15) is 6.04 Å². The molecule has 0 bridgehead atoms. The molecule has 0 aromatic heterocycles. The van der Waals surface area contributed by atoms with Gasteiger partial charge in [0.25, 0.3) is 0 Å². The monoisotopic (exact) mass is 496 g/mol. The minimum Gasteiger partial charge on any atom is -0.350 e. The molecule has 1 unspecified atom stereocenters. The molecule has 0 saturated carbocycles. The number of benzene rings is 4. The largest absolute Gasteiger partial charge is 0.350 e. The van der Waals surface area contributed by atoms with Crippen LogP contribution in [0.2, 0.25) is 5.02 Å². The molecule has 5 heteroatoms. The molecule has 4 nitrogen and oxygen atoms in total. The molecule has 182 valence electrons. The molecule has 1 atom stereocenters. The highest BCUT2D eigenvalue weighted by molar-refractivity contribution is 6.30. The first-order valence-corrected chi connectivity index (χ1v) is 12.3. The van der Waals surface area contributed by atoms with Crippen LogP contribution in [0, 0.1) is 6.92 Å². The number of carbonyl (C=O) groups excluding carboxylic acids is 2. The van der Waals surface area contributed by atoms with Crippen molar-refractivity contribution in [3.8, 4) is 0 Å². The van der Waals surface area contributed by atoms with Crippen LogP contribution >= 0.6 is 11.6 Å². The maximum Gasteiger partial charge on any atom is 0.247 e. The third kappa shape index (κ3) is 6.83. The predicted octanol–water partition coefficient (Wildman–Crippen LogP) is 6.28. The number of hydrogen-bond donors (Lipinski definition) is 1. The first-order valence-electron chi connectivity index (χ1n) is 12.0. The zero-order valence-corrected chi connectivity index (χ0v) is 21.0. The van der Waals surface area contributed by atoms with Gasteiger partial charge in [-0.05, 0) is 41.3 Å². The molecule has 2 amide bonds. The Balaban J connectivity index is 1.66. The summed E-state index contributed by atoms with van der Waals surface area (Å²) in [5, 5.41) is 3.68. The summed E-state index contributed by atoms with van der Waals surface area (Å²) in [7, 11) is 0. The number of halogens is 1. The SMILES string of the molecule is Cc1ccc(CNC(=O)C(c2ccccc2)N(Cc2ccc(Cl)cc2)C(=O)Cc2ccccc2)cc1. The molecule has 0 fully saturated rings. The standard InChI is InChI=1S/C31H29ClN2O2/c1-23-12-14-25(15-13-23)21-33-31(36)30(27-10-6-3-7-11-27)34(22-26-16-18-28(32)19-17-26)29(35)20-24-8-4-2-5-9-24/h2-19,30H,20-22H2,1H3,(H,33,36). The molecule has 0 aliphatic carbocycles. The van der Waals surface area contributed by atoms with Crippen molar-refractivity contribution in [2.24, 2.45) is 0 Å². The summed E-state index contributed by atoms with van der Waals surface area (Å²) < 4.78 is 0. The predicted molar refractivity (Wildman–Crippen MR) is 144 cm³/mol. The van der Waals surface area contributed by atoms with Gasteiger partial charge in [0, 0.05) is 18.1 Å². The van der Waals surface area contributed by atoms with E-state index in [4.69, 9.17) is 11.6 Å². The van der Waals surface area contributed by atoms with Crippen LogP contribution in [-0.4, -0.2) is 16.7 Å². The van der Waals surface area contributed by atoms with Crippen molar-refractivity contribution in [2.75, 3.05) is 0 Å². The molecular formula is C31H29ClN2O2. The van der Waals surface area contributed by atoms with E-state index in [0.717, 1.165) is 27.8 Å². The number of nitrogens with one attached hydrogen (secondary N) is 1. The summed E-state index contributed by atoms with van der Waals surface area (Å²) in [6.07, 6.45) is 0.197. The summed E-state index contributed by atoms with van der Waals surface area (Å²) >= 11 is 6.09.